The van der Waals surface area contributed by atoms with E-state index in [-0.39, 0.29) is 44.4 Å². The van der Waals surface area contributed by atoms with Crippen molar-refractivity contribution in [2.24, 2.45) is 0 Å². The third-order valence-electron chi connectivity index (χ3n) is 6.08. The molecule has 0 saturated carbocycles. The van der Waals surface area contributed by atoms with Gasteiger partial charge in [0.1, 0.15) is 0 Å². The van der Waals surface area contributed by atoms with E-state index in [9.17, 15) is 31.2 Å². The van der Waals surface area contributed by atoms with Crippen LogP contribution in [0.4, 0.5) is 18.9 Å². The highest BCUT2D eigenvalue weighted by Crippen LogP contribution is 2.35. The fraction of sp³-hybridized carbons (Fsp3) is 0.391. The van der Waals surface area contributed by atoms with Crippen LogP contribution in [0.3, 0.4) is 0 Å². The zero-order chi connectivity index (χ0) is 24.5. The number of anilines is 1. The topological polar surface area (TPSA) is 78.0 Å². The van der Waals surface area contributed by atoms with Gasteiger partial charge >= 0.3 is 6.18 Å². The van der Waals surface area contributed by atoms with Crippen LogP contribution in [-0.4, -0.2) is 62.2 Å². The molecule has 2 aromatic carbocycles. The van der Waals surface area contributed by atoms with Crippen LogP contribution in [0.1, 0.15) is 24.0 Å². The summed E-state index contributed by atoms with van der Waals surface area (Å²) >= 11 is 0. The molecule has 7 nitrogen and oxygen atoms in total. The predicted octanol–water partition coefficient (Wildman–Crippen LogP) is 2.91. The smallest absolute Gasteiger partial charge is 0.340 e. The first-order valence-electron chi connectivity index (χ1n) is 10.9. The number of halogens is 3. The average Bonchev–Trinajstić information content (AvgIpc) is 3.25. The molecule has 0 spiro atoms. The van der Waals surface area contributed by atoms with E-state index in [0.717, 1.165) is 40.2 Å². The number of hydrogen-bond donors (Lipinski definition) is 0. The number of sulfonamides is 1. The molecule has 0 aliphatic carbocycles. The average molecular weight is 496 g/mol. The number of carbonyl (C=O) groups excluding carboxylic acids is 2. The van der Waals surface area contributed by atoms with E-state index in [1.165, 1.54) is 11.0 Å². The Hall–Kier alpha value is -2.92. The largest absolute Gasteiger partial charge is 0.417 e. The molecule has 2 saturated heterocycles. The van der Waals surface area contributed by atoms with E-state index < -0.39 is 26.7 Å². The third-order valence-corrected chi connectivity index (χ3v) is 8.04. The van der Waals surface area contributed by atoms with Crippen LogP contribution in [0.2, 0.25) is 0 Å². The quantitative estimate of drug-likeness (QED) is 0.639. The van der Waals surface area contributed by atoms with Crippen molar-refractivity contribution in [3.63, 3.8) is 0 Å². The highest BCUT2D eigenvalue weighted by atomic mass is 32.2. The fourth-order valence-electron chi connectivity index (χ4n) is 4.24. The van der Waals surface area contributed by atoms with Gasteiger partial charge in [0.15, 0.2) is 0 Å². The summed E-state index contributed by atoms with van der Waals surface area (Å²) in [6.45, 7) is 0.684. The summed E-state index contributed by atoms with van der Waals surface area (Å²) in [5.74, 6) is -0.118. The van der Waals surface area contributed by atoms with Gasteiger partial charge in [0.2, 0.25) is 21.8 Å². The highest BCUT2D eigenvalue weighted by Gasteiger charge is 2.39. The molecular formula is C23H24F3N3O4S. The lowest BCUT2D eigenvalue weighted by Gasteiger charge is -2.34. The van der Waals surface area contributed by atoms with E-state index in [1.54, 1.807) is 29.2 Å². The lowest BCUT2D eigenvalue weighted by atomic mass is 10.1. The SMILES string of the molecule is O=C(Cc1ccc(N2CCCC2=O)cc1)N1CCN(S(=O)(=O)c2ccccc2C(F)(F)F)CC1. The minimum absolute atomic E-state index is 0.0782. The van der Waals surface area contributed by atoms with Crippen molar-refractivity contribution in [2.75, 3.05) is 37.6 Å². The summed E-state index contributed by atoms with van der Waals surface area (Å²) in [6, 6.07) is 11.3. The summed E-state index contributed by atoms with van der Waals surface area (Å²) in [7, 11) is -4.36. The Morgan fingerprint density at radius 2 is 1.56 bits per heavy atom. The van der Waals surface area contributed by atoms with Crippen molar-refractivity contribution < 1.29 is 31.2 Å². The van der Waals surface area contributed by atoms with E-state index in [0.29, 0.717) is 13.0 Å². The summed E-state index contributed by atoms with van der Waals surface area (Å²) in [5.41, 5.74) is 0.346. The van der Waals surface area contributed by atoms with Gasteiger partial charge in [-0.2, -0.15) is 17.5 Å². The first kappa shape index (κ1) is 24.2. The number of alkyl halides is 3. The van der Waals surface area contributed by atoms with Crippen molar-refractivity contribution in [1.82, 2.24) is 9.21 Å². The van der Waals surface area contributed by atoms with Gasteiger partial charge in [-0.1, -0.05) is 24.3 Å². The number of piperazine rings is 1. The zero-order valence-corrected chi connectivity index (χ0v) is 19.1. The maximum atomic E-state index is 13.3. The van der Waals surface area contributed by atoms with Crippen molar-refractivity contribution >= 4 is 27.5 Å². The van der Waals surface area contributed by atoms with E-state index in [2.05, 4.69) is 0 Å². The van der Waals surface area contributed by atoms with Gasteiger partial charge in [-0.3, -0.25) is 9.59 Å². The maximum Gasteiger partial charge on any atom is 0.417 e. The summed E-state index contributed by atoms with van der Waals surface area (Å²) in [5, 5.41) is 0. The third kappa shape index (κ3) is 4.95. The number of hydrogen-bond acceptors (Lipinski definition) is 4. The first-order valence-corrected chi connectivity index (χ1v) is 12.3. The predicted molar refractivity (Wildman–Crippen MR) is 119 cm³/mol. The molecule has 0 aromatic heterocycles. The second kappa shape index (κ2) is 9.38. The molecule has 2 aliphatic rings. The molecule has 182 valence electrons. The molecule has 0 unspecified atom stereocenters. The van der Waals surface area contributed by atoms with Crippen molar-refractivity contribution in [3.8, 4) is 0 Å². The first-order chi connectivity index (χ1) is 16.1. The number of rotatable bonds is 5. The number of benzene rings is 2. The van der Waals surface area contributed by atoms with Gasteiger partial charge in [0, 0.05) is 44.8 Å². The Bertz CT molecular complexity index is 1170. The number of amides is 2. The Kier molecular flexibility index (Phi) is 6.68. The monoisotopic (exact) mass is 495 g/mol. The van der Waals surface area contributed by atoms with E-state index >= 15 is 0 Å². The Morgan fingerprint density at radius 1 is 0.912 bits per heavy atom. The summed E-state index contributed by atoms with van der Waals surface area (Å²) in [4.78, 5) is 27.0. The minimum atomic E-state index is -4.79. The molecule has 2 heterocycles. The minimum Gasteiger partial charge on any atom is -0.340 e. The lowest BCUT2D eigenvalue weighted by Crippen LogP contribution is -2.51. The van der Waals surface area contributed by atoms with Gasteiger partial charge in [-0.25, -0.2) is 8.42 Å². The summed E-state index contributed by atoms with van der Waals surface area (Å²) < 4.78 is 66.6. The molecule has 0 bridgehead atoms. The molecule has 2 aliphatic heterocycles. The molecule has 4 rings (SSSR count). The van der Waals surface area contributed by atoms with Crippen LogP contribution in [0.15, 0.2) is 53.4 Å². The van der Waals surface area contributed by atoms with Gasteiger partial charge in [-0.05, 0) is 36.2 Å². The van der Waals surface area contributed by atoms with Gasteiger partial charge < -0.3 is 9.80 Å². The second-order valence-corrected chi connectivity index (χ2v) is 10.2. The molecule has 11 heteroatoms. The van der Waals surface area contributed by atoms with Crippen molar-refractivity contribution in [3.05, 3.63) is 59.7 Å². The Morgan fingerprint density at radius 3 is 2.15 bits per heavy atom. The molecule has 2 aromatic rings. The standard InChI is InChI=1S/C23H24F3N3O4S/c24-23(25,26)19-4-1-2-5-20(19)34(32,33)28-14-12-27(13-15-28)22(31)16-17-7-9-18(10-8-17)29-11-3-6-21(29)30/h1-2,4-5,7-10H,3,6,11-16H2. The molecule has 0 atom stereocenters. The maximum absolute atomic E-state index is 13.3. The normalized spacial score (nSPS) is 17.9. The van der Waals surface area contributed by atoms with Crippen LogP contribution in [0, 0.1) is 0 Å². The molecule has 0 N–H and O–H groups in total. The summed E-state index contributed by atoms with van der Waals surface area (Å²) in [6.07, 6.45) is -3.33. The van der Waals surface area contributed by atoms with Crippen LogP contribution < -0.4 is 4.90 Å². The second-order valence-electron chi connectivity index (χ2n) is 8.27. The zero-order valence-electron chi connectivity index (χ0n) is 18.3. The molecule has 2 fully saturated rings. The lowest BCUT2D eigenvalue weighted by molar-refractivity contribution is -0.140. The number of nitrogens with zero attached hydrogens (tertiary/aromatic N) is 3. The van der Waals surface area contributed by atoms with E-state index in [1.807, 2.05) is 0 Å². The molecule has 0 radical (unpaired) electrons. The molecule has 2 amide bonds. The highest BCUT2D eigenvalue weighted by molar-refractivity contribution is 7.89. The Labute approximate surface area is 195 Å². The van der Waals surface area contributed by atoms with Crippen LogP contribution in [0.5, 0.6) is 0 Å². The fourth-order valence-corrected chi connectivity index (χ4v) is 5.88. The van der Waals surface area contributed by atoms with Gasteiger partial charge in [0.25, 0.3) is 0 Å². The van der Waals surface area contributed by atoms with Crippen molar-refractivity contribution in [2.45, 2.75) is 30.3 Å². The Balaban J connectivity index is 1.37. The molecular weight excluding hydrogens is 471 g/mol. The molecule has 34 heavy (non-hydrogen) atoms. The van der Waals surface area contributed by atoms with Crippen LogP contribution in [0.25, 0.3) is 0 Å². The van der Waals surface area contributed by atoms with Crippen molar-refractivity contribution in [1.29, 1.82) is 0 Å². The van der Waals surface area contributed by atoms with Crippen LogP contribution in [-0.2, 0) is 32.2 Å². The van der Waals surface area contributed by atoms with Gasteiger partial charge in [0.05, 0.1) is 16.9 Å². The van der Waals surface area contributed by atoms with Crippen LogP contribution >= 0.6 is 0 Å². The van der Waals surface area contributed by atoms with Gasteiger partial charge in [-0.15, -0.1) is 0 Å². The van der Waals surface area contributed by atoms with E-state index in [4.69, 9.17) is 0 Å². The number of carbonyl (C=O) groups is 2.